The Morgan fingerprint density at radius 3 is 2.25 bits per heavy atom. The zero-order chi connectivity index (χ0) is 15.2. The topological polar surface area (TPSA) is 115 Å². The van der Waals surface area contributed by atoms with E-state index in [0.717, 1.165) is 19.6 Å². The summed E-state index contributed by atoms with van der Waals surface area (Å²) >= 11 is 0. The van der Waals surface area contributed by atoms with Gasteiger partial charge in [-0.3, -0.25) is 4.79 Å². The van der Waals surface area contributed by atoms with Gasteiger partial charge in [-0.2, -0.15) is 0 Å². The van der Waals surface area contributed by atoms with Crippen molar-refractivity contribution >= 4 is 12.1 Å². The van der Waals surface area contributed by atoms with Gasteiger partial charge in [-0.25, -0.2) is 4.79 Å². The van der Waals surface area contributed by atoms with Crippen molar-refractivity contribution < 1.29 is 19.1 Å². The summed E-state index contributed by atoms with van der Waals surface area (Å²) in [6.07, 6.45) is -1.24. The lowest BCUT2D eigenvalue weighted by atomic mass is 10.5. The number of carbonyl (C=O) groups excluding carboxylic acids is 2. The molecule has 20 heavy (non-hydrogen) atoms. The van der Waals surface area contributed by atoms with Crippen LogP contribution >= 0.6 is 0 Å². The van der Waals surface area contributed by atoms with Crippen molar-refractivity contribution in [3.05, 3.63) is 0 Å². The van der Waals surface area contributed by atoms with Crippen LogP contribution in [0.4, 0.5) is 4.79 Å². The molecule has 0 radical (unpaired) electrons. The first kappa shape index (κ1) is 18.6. The van der Waals surface area contributed by atoms with Crippen molar-refractivity contribution in [3.8, 4) is 0 Å². The Morgan fingerprint density at radius 1 is 1.05 bits per heavy atom. The lowest BCUT2D eigenvalue weighted by Crippen LogP contribution is -2.37. The van der Waals surface area contributed by atoms with E-state index in [1.165, 1.54) is 6.92 Å². The molecular weight excluding hydrogens is 264 g/mol. The predicted octanol–water partition coefficient (Wildman–Crippen LogP) is -0.850. The van der Waals surface area contributed by atoms with Gasteiger partial charge >= 0.3 is 12.1 Å². The second-order valence-electron chi connectivity index (χ2n) is 4.03. The van der Waals surface area contributed by atoms with E-state index in [1.807, 2.05) is 0 Å². The Hall–Kier alpha value is -1.38. The molecule has 0 aromatic rings. The number of carbonyl (C=O) groups is 2. The summed E-state index contributed by atoms with van der Waals surface area (Å²) in [5.74, 6) is -0.406. The van der Waals surface area contributed by atoms with E-state index >= 15 is 0 Å². The van der Waals surface area contributed by atoms with Crippen molar-refractivity contribution in [2.24, 2.45) is 5.73 Å². The molecule has 0 bridgehead atoms. The number of esters is 1. The SMILES string of the molecule is CCC(=O)OC(C)OC(=O)NCCNCCNCCN. The second kappa shape index (κ2) is 12.6. The van der Waals surface area contributed by atoms with Crippen LogP contribution in [0.5, 0.6) is 0 Å². The van der Waals surface area contributed by atoms with Crippen LogP contribution < -0.4 is 21.7 Å². The number of nitrogens with one attached hydrogen (secondary N) is 3. The molecule has 0 aromatic heterocycles. The van der Waals surface area contributed by atoms with E-state index in [9.17, 15) is 9.59 Å². The van der Waals surface area contributed by atoms with E-state index in [2.05, 4.69) is 16.0 Å². The maximum Gasteiger partial charge on any atom is 0.410 e. The molecule has 0 aliphatic heterocycles. The molecular formula is C12H26N4O4. The van der Waals surface area contributed by atoms with Gasteiger partial charge in [-0.1, -0.05) is 6.92 Å². The highest BCUT2D eigenvalue weighted by molar-refractivity contribution is 5.70. The average molecular weight is 290 g/mol. The van der Waals surface area contributed by atoms with Crippen LogP contribution in [0.3, 0.4) is 0 Å². The van der Waals surface area contributed by atoms with Crippen molar-refractivity contribution in [2.45, 2.75) is 26.6 Å². The molecule has 8 nitrogen and oxygen atoms in total. The number of hydrogen-bond donors (Lipinski definition) is 4. The van der Waals surface area contributed by atoms with Gasteiger partial charge in [0.15, 0.2) is 0 Å². The Balaban J connectivity index is 3.42. The van der Waals surface area contributed by atoms with Crippen molar-refractivity contribution in [1.29, 1.82) is 0 Å². The average Bonchev–Trinajstić information content (AvgIpc) is 2.41. The van der Waals surface area contributed by atoms with Crippen LogP contribution in [0.2, 0.25) is 0 Å². The highest BCUT2D eigenvalue weighted by Gasteiger charge is 2.11. The monoisotopic (exact) mass is 290 g/mol. The van der Waals surface area contributed by atoms with Gasteiger partial charge in [0, 0.05) is 52.6 Å². The molecule has 0 fully saturated rings. The highest BCUT2D eigenvalue weighted by Crippen LogP contribution is 1.96. The molecule has 0 aliphatic carbocycles. The highest BCUT2D eigenvalue weighted by atomic mass is 16.7. The molecule has 0 saturated carbocycles. The summed E-state index contributed by atoms with van der Waals surface area (Å²) in [6.45, 7) is 7.26. The summed E-state index contributed by atoms with van der Waals surface area (Å²) in [7, 11) is 0. The smallest absolute Gasteiger partial charge is 0.410 e. The van der Waals surface area contributed by atoms with E-state index in [4.69, 9.17) is 15.2 Å². The fraction of sp³-hybridized carbons (Fsp3) is 0.833. The van der Waals surface area contributed by atoms with Crippen LogP contribution in [-0.2, 0) is 14.3 Å². The fourth-order valence-corrected chi connectivity index (χ4v) is 1.27. The minimum Gasteiger partial charge on any atom is -0.425 e. The molecule has 0 aliphatic rings. The Morgan fingerprint density at radius 2 is 1.65 bits per heavy atom. The van der Waals surface area contributed by atoms with E-state index in [1.54, 1.807) is 6.92 Å². The molecule has 0 saturated heterocycles. The number of nitrogens with two attached hydrogens (primary N) is 1. The first-order valence-corrected chi connectivity index (χ1v) is 6.85. The van der Waals surface area contributed by atoms with Gasteiger partial charge in [0.1, 0.15) is 0 Å². The maximum absolute atomic E-state index is 11.3. The number of rotatable bonds is 11. The van der Waals surface area contributed by atoms with Gasteiger partial charge < -0.3 is 31.2 Å². The lowest BCUT2D eigenvalue weighted by Gasteiger charge is -2.14. The van der Waals surface area contributed by atoms with Gasteiger partial charge in [0.25, 0.3) is 0 Å². The number of hydrogen-bond acceptors (Lipinski definition) is 7. The van der Waals surface area contributed by atoms with E-state index in [0.29, 0.717) is 19.6 Å². The molecule has 118 valence electrons. The van der Waals surface area contributed by atoms with E-state index < -0.39 is 18.4 Å². The van der Waals surface area contributed by atoms with E-state index in [-0.39, 0.29) is 6.42 Å². The summed E-state index contributed by atoms with van der Waals surface area (Å²) in [5, 5.41) is 8.82. The van der Waals surface area contributed by atoms with Crippen molar-refractivity contribution in [1.82, 2.24) is 16.0 Å². The summed E-state index contributed by atoms with van der Waals surface area (Å²) in [6, 6.07) is 0. The molecule has 0 spiro atoms. The molecule has 1 unspecified atom stereocenters. The third-order valence-corrected chi connectivity index (χ3v) is 2.23. The second-order valence-corrected chi connectivity index (χ2v) is 4.03. The minimum atomic E-state index is -0.879. The number of ether oxygens (including phenoxy) is 2. The Labute approximate surface area is 119 Å². The Kier molecular flexibility index (Phi) is 11.8. The molecule has 5 N–H and O–H groups in total. The summed E-state index contributed by atoms with van der Waals surface area (Å²) in [5.41, 5.74) is 5.33. The number of amides is 1. The largest absolute Gasteiger partial charge is 0.425 e. The third kappa shape index (κ3) is 11.7. The molecule has 0 aromatic carbocycles. The lowest BCUT2D eigenvalue weighted by molar-refractivity contribution is -0.164. The number of alkyl carbamates (subject to hydrolysis) is 1. The van der Waals surface area contributed by atoms with Gasteiger partial charge in [-0.05, 0) is 0 Å². The zero-order valence-corrected chi connectivity index (χ0v) is 12.2. The van der Waals surface area contributed by atoms with Gasteiger partial charge in [-0.15, -0.1) is 0 Å². The standard InChI is InChI=1S/C12H26N4O4/c1-3-11(17)19-10(2)20-12(18)16-9-8-15-7-6-14-5-4-13/h10,14-15H,3-9,13H2,1-2H3,(H,16,18). The molecule has 0 heterocycles. The summed E-state index contributed by atoms with van der Waals surface area (Å²) in [4.78, 5) is 22.3. The Bertz CT molecular complexity index is 276. The molecule has 1 amide bonds. The fourth-order valence-electron chi connectivity index (χ4n) is 1.27. The maximum atomic E-state index is 11.3. The van der Waals surface area contributed by atoms with Crippen molar-refractivity contribution in [3.63, 3.8) is 0 Å². The molecule has 1 atom stereocenters. The predicted molar refractivity (Wildman–Crippen MR) is 75.1 cm³/mol. The van der Waals surface area contributed by atoms with Gasteiger partial charge in [0.2, 0.25) is 6.29 Å². The van der Waals surface area contributed by atoms with Crippen LogP contribution in [0, 0.1) is 0 Å². The third-order valence-electron chi connectivity index (χ3n) is 2.23. The quantitative estimate of drug-likeness (QED) is 0.222. The minimum absolute atomic E-state index is 0.247. The van der Waals surface area contributed by atoms with Gasteiger partial charge in [0.05, 0.1) is 0 Å². The zero-order valence-electron chi connectivity index (χ0n) is 12.2. The van der Waals surface area contributed by atoms with Crippen LogP contribution in [-0.4, -0.2) is 57.6 Å². The van der Waals surface area contributed by atoms with Crippen LogP contribution in [0.25, 0.3) is 0 Å². The summed E-state index contributed by atoms with van der Waals surface area (Å²) < 4.78 is 9.63. The van der Waals surface area contributed by atoms with Crippen molar-refractivity contribution in [2.75, 3.05) is 39.3 Å². The molecule has 0 rings (SSSR count). The van der Waals surface area contributed by atoms with Crippen LogP contribution in [0.15, 0.2) is 0 Å². The first-order chi connectivity index (χ1) is 9.60. The molecule has 8 heteroatoms. The first-order valence-electron chi connectivity index (χ1n) is 6.85. The van der Waals surface area contributed by atoms with Crippen LogP contribution in [0.1, 0.15) is 20.3 Å². The normalized spacial score (nSPS) is 11.8.